The Balaban J connectivity index is 3.13. The summed E-state index contributed by atoms with van der Waals surface area (Å²) in [5.41, 5.74) is 4.89. The predicted octanol–water partition coefficient (Wildman–Crippen LogP) is 2.15. The minimum Gasteiger partial charge on any atom is -0.375 e. The summed E-state index contributed by atoms with van der Waals surface area (Å²) in [5.74, 6) is -2.88. The highest BCUT2D eigenvalue weighted by molar-refractivity contribution is 7.80. The van der Waals surface area contributed by atoms with E-state index in [1.165, 1.54) is 0 Å². The molecule has 0 heterocycles. The van der Waals surface area contributed by atoms with Crippen molar-refractivity contribution in [3.05, 3.63) is 34.9 Å². The van der Waals surface area contributed by atoms with Gasteiger partial charge in [0.25, 0.3) is 0 Å². The summed E-state index contributed by atoms with van der Waals surface area (Å²) in [6.07, 6.45) is -4.21. The summed E-state index contributed by atoms with van der Waals surface area (Å²) in [4.78, 5) is 0. The van der Waals surface area contributed by atoms with Gasteiger partial charge in [-0.15, -0.1) is 0 Å². The van der Waals surface area contributed by atoms with E-state index >= 15 is 0 Å². The van der Waals surface area contributed by atoms with Gasteiger partial charge >= 0.3 is 6.18 Å². The van der Waals surface area contributed by atoms with Crippen molar-refractivity contribution in [3.8, 4) is 0 Å². The van der Waals surface area contributed by atoms with Gasteiger partial charge in [0.05, 0.1) is 11.8 Å². The standard InChI is InChI=1S/C9H6F5N3S/c10-6-2-7(11)5(9(12,13)14)1-4(6)3-16-17-8(15)18/h1-3H,(H3,15,17,18). The molecular weight excluding hydrogens is 277 g/mol. The Morgan fingerprint density at radius 2 is 1.89 bits per heavy atom. The largest absolute Gasteiger partial charge is 0.419 e. The van der Waals surface area contributed by atoms with E-state index in [1.807, 2.05) is 5.43 Å². The van der Waals surface area contributed by atoms with Gasteiger partial charge in [0, 0.05) is 11.6 Å². The van der Waals surface area contributed by atoms with Crippen molar-refractivity contribution in [3.63, 3.8) is 0 Å². The first kappa shape index (κ1) is 14.3. The maximum absolute atomic E-state index is 13.2. The average molecular weight is 283 g/mol. The van der Waals surface area contributed by atoms with Gasteiger partial charge in [0.2, 0.25) is 0 Å². The first-order valence-electron chi connectivity index (χ1n) is 4.36. The Hall–Kier alpha value is -1.77. The molecule has 98 valence electrons. The molecule has 0 amide bonds. The van der Waals surface area contributed by atoms with Crippen molar-refractivity contribution < 1.29 is 22.0 Å². The van der Waals surface area contributed by atoms with E-state index in [0.717, 1.165) is 0 Å². The monoisotopic (exact) mass is 283 g/mol. The van der Waals surface area contributed by atoms with E-state index in [-0.39, 0.29) is 11.2 Å². The lowest BCUT2D eigenvalue weighted by atomic mass is 10.1. The number of nitrogens with zero attached hydrogens (tertiary/aromatic N) is 1. The molecule has 0 unspecified atom stereocenters. The highest BCUT2D eigenvalue weighted by Gasteiger charge is 2.34. The van der Waals surface area contributed by atoms with Crippen LogP contribution in [0.2, 0.25) is 0 Å². The average Bonchev–Trinajstić information content (AvgIpc) is 2.18. The fourth-order valence-electron chi connectivity index (χ4n) is 1.05. The van der Waals surface area contributed by atoms with Crippen molar-refractivity contribution >= 4 is 23.5 Å². The third kappa shape index (κ3) is 3.62. The summed E-state index contributed by atoms with van der Waals surface area (Å²) in [7, 11) is 0. The smallest absolute Gasteiger partial charge is 0.375 e. The molecule has 3 N–H and O–H groups in total. The lowest BCUT2D eigenvalue weighted by Crippen LogP contribution is -2.24. The number of hydrogen-bond acceptors (Lipinski definition) is 2. The first-order chi connectivity index (χ1) is 8.21. The third-order valence-corrected chi connectivity index (χ3v) is 1.86. The summed E-state index contributed by atoms with van der Waals surface area (Å²) in [6, 6.07) is 0.431. The Kier molecular flexibility index (Phi) is 4.17. The van der Waals surface area contributed by atoms with Gasteiger partial charge < -0.3 is 5.73 Å². The number of nitrogens with one attached hydrogen (secondary N) is 1. The van der Waals surface area contributed by atoms with E-state index in [1.54, 1.807) is 0 Å². The summed E-state index contributed by atoms with van der Waals surface area (Å²) >= 11 is 4.37. The molecule has 3 nitrogen and oxygen atoms in total. The molecule has 0 spiro atoms. The van der Waals surface area contributed by atoms with Crippen molar-refractivity contribution in [1.82, 2.24) is 5.43 Å². The van der Waals surface area contributed by atoms with Crippen LogP contribution < -0.4 is 11.2 Å². The highest BCUT2D eigenvalue weighted by Crippen LogP contribution is 2.32. The van der Waals surface area contributed by atoms with Gasteiger partial charge in [0.1, 0.15) is 11.6 Å². The molecule has 0 aliphatic rings. The van der Waals surface area contributed by atoms with Crippen LogP contribution in [0.5, 0.6) is 0 Å². The SMILES string of the molecule is NC(=S)NN=Cc1cc(C(F)(F)F)c(F)cc1F. The lowest BCUT2D eigenvalue weighted by molar-refractivity contribution is -0.140. The van der Waals surface area contributed by atoms with Crippen LogP contribution >= 0.6 is 12.2 Å². The molecule has 0 aliphatic carbocycles. The maximum Gasteiger partial charge on any atom is 0.419 e. The molecule has 0 atom stereocenters. The second kappa shape index (κ2) is 5.25. The first-order valence-corrected chi connectivity index (χ1v) is 4.77. The van der Waals surface area contributed by atoms with Crippen LogP contribution in [0.4, 0.5) is 22.0 Å². The molecule has 18 heavy (non-hydrogen) atoms. The number of rotatable bonds is 2. The normalized spacial score (nSPS) is 11.8. The third-order valence-electron chi connectivity index (χ3n) is 1.77. The van der Waals surface area contributed by atoms with Gasteiger partial charge in [-0.1, -0.05) is 0 Å². The van der Waals surface area contributed by atoms with Crippen molar-refractivity contribution in [2.45, 2.75) is 6.18 Å². The molecule has 0 bridgehead atoms. The number of benzene rings is 1. The molecule has 0 aliphatic heterocycles. The van der Waals surface area contributed by atoms with Gasteiger partial charge in [-0.25, -0.2) is 8.78 Å². The van der Waals surface area contributed by atoms with Gasteiger partial charge in [-0.3, -0.25) is 5.43 Å². The van der Waals surface area contributed by atoms with Crippen molar-refractivity contribution in [2.24, 2.45) is 10.8 Å². The van der Waals surface area contributed by atoms with Crippen molar-refractivity contribution in [1.29, 1.82) is 0 Å². The quantitative estimate of drug-likeness (QED) is 0.378. The number of hydrogen-bond donors (Lipinski definition) is 2. The van der Waals surface area contributed by atoms with E-state index in [2.05, 4.69) is 17.3 Å². The molecular formula is C9H6F5N3S. The fraction of sp³-hybridized carbons (Fsp3) is 0.111. The molecule has 0 aromatic heterocycles. The van der Waals surface area contributed by atoms with E-state index in [0.29, 0.717) is 12.3 Å². The van der Waals surface area contributed by atoms with Crippen LogP contribution in [0.15, 0.2) is 17.2 Å². The molecule has 1 aromatic rings. The van der Waals surface area contributed by atoms with Crippen LogP contribution in [0, 0.1) is 11.6 Å². The number of alkyl halides is 3. The number of hydrazone groups is 1. The molecule has 0 saturated carbocycles. The predicted molar refractivity (Wildman–Crippen MR) is 58.9 cm³/mol. The molecule has 0 fully saturated rings. The van der Waals surface area contributed by atoms with Crippen LogP contribution in [0.1, 0.15) is 11.1 Å². The number of thiocarbonyl (C=S) groups is 1. The van der Waals surface area contributed by atoms with E-state index < -0.39 is 28.9 Å². The van der Waals surface area contributed by atoms with Crippen LogP contribution in [-0.2, 0) is 6.18 Å². The molecule has 1 rings (SSSR count). The zero-order valence-corrected chi connectivity index (χ0v) is 9.37. The Bertz CT molecular complexity index is 498. The maximum atomic E-state index is 13.2. The molecule has 0 radical (unpaired) electrons. The lowest BCUT2D eigenvalue weighted by Gasteiger charge is -2.09. The molecule has 0 saturated heterocycles. The summed E-state index contributed by atoms with van der Waals surface area (Å²) in [6.45, 7) is 0. The van der Waals surface area contributed by atoms with Gasteiger partial charge in [-0.05, 0) is 18.3 Å². The highest BCUT2D eigenvalue weighted by atomic mass is 32.1. The van der Waals surface area contributed by atoms with Gasteiger partial charge in [0.15, 0.2) is 5.11 Å². The Morgan fingerprint density at radius 1 is 1.28 bits per heavy atom. The van der Waals surface area contributed by atoms with Crippen LogP contribution in [-0.4, -0.2) is 11.3 Å². The topological polar surface area (TPSA) is 50.4 Å². The second-order valence-corrected chi connectivity index (χ2v) is 3.53. The zero-order chi connectivity index (χ0) is 13.9. The van der Waals surface area contributed by atoms with Crippen LogP contribution in [0.3, 0.4) is 0 Å². The fourth-order valence-corrected chi connectivity index (χ4v) is 1.10. The van der Waals surface area contributed by atoms with Gasteiger partial charge in [-0.2, -0.15) is 18.3 Å². The number of nitrogens with two attached hydrogens (primary N) is 1. The molecule has 1 aromatic carbocycles. The summed E-state index contributed by atoms with van der Waals surface area (Å²) in [5, 5.41) is 3.04. The Labute approximate surface area is 103 Å². The minimum absolute atomic E-state index is 0.130. The summed E-state index contributed by atoms with van der Waals surface area (Å²) < 4.78 is 63.1. The van der Waals surface area contributed by atoms with E-state index in [9.17, 15) is 22.0 Å². The molecule has 9 heteroatoms. The van der Waals surface area contributed by atoms with Crippen molar-refractivity contribution in [2.75, 3.05) is 0 Å². The van der Waals surface area contributed by atoms with E-state index in [4.69, 9.17) is 5.73 Å². The second-order valence-electron chi connectivity index (χ2n) is 3.09. The van der Waals surface area contributed by atoms with Crippen LogP contribution in [0.25, 0.3) is 0 Å². The zero-order valence-electron chi connectivity index (χ0n) is 8.55. The Morgan fingerprint density at radius 3 is 2.39 bits per heavy atom. The number of halogens is 5. The minimum atomic E-state index is -4.92.